The molecule has 0 saturated heterocycles. The third kappa shape index (κ3) is 5.79. The van der Waals surface area contributed by atoms with Crippen molar-refractivity contribution >= 4 is 11.0 Å². The fourth-order valence-electron chi connectivity index (χ4n) is 3.73. The fraction of sp³-hybridized carbons (Fsp3) is 0.400. The number of fused-ring (bicyclic) bond motifs is 1. The Kier molecular flexibility index (Phi) is 7.95. The number of phenols is 2. The Bertz CT molecular complexity index is 1040. The van der Waals surface area contributed by atoms with Crippen LogP contribution in [0.15, 0.2) is 51.9 Å². The standard InChI is InChI=1S/C25H31NO5/c1-3-11-26(12-4-2)13-5-6-14-30-20-15-22(28)24-23(16-20)31-17-21(25(24)29)18-7-9-19(27)10-8-18/h7-10,15-17,27-28H,3-6,11-14H2,1-2H3. The van der Waals surface area contributed by atoms with Crippen LogP contribution in [0.3, 0.4) is 0 Å². The number of hydrogen-bond acceptors (Lipinski definition) is 6. The number of nitrogens with zero attached hydrogens (tertiary/aromatic N) is 1. The Balaban J connectivity index is 1.66. The minimum atomic E-state index is -0.331. The number of rotatable bonds is 11. The molecule has 2 aromatic carbocycles. The van der Waals surface area contributed by atoms with Gasteiger partial charge in [0, 0.05) is 12.1 Å². The van der Waals surface area contributed by atoms with Gasteiger partial charge in [0.15, 0.2) is 0 Å². The van der Waals surface area contributed by atoms with Gasteiger partial charge >= 0.3 is 0 Å². The lowest BCUT2D eigenvalue weighted by atomic mass is 10.0. The van der Waals surface area contributed by atoms with Crippen LogP contribution in [-0.4, -0.2) is 41.4 Å². The molecule has 0 atom stereocenters. The smallest absolute Gasteiger partial charge is 0.204 e. The van der Waals surface area contributed by atoms with Crippen LogP contribution in [0.25, 0.3) is 22.1 Å². The lowest BCUT2D eigenvalue weighted by Crippen LogP contribution is -2.26. The van der Waals surface area contributed by atoms with Gasteiger partial charge in [-0.2, -0.15) is 0 Å². The zero-order chi connectivity index (χ0) is 22.2. The minimum Gasteiger partial charge on any atom is -0.508 e. The van der Waals surface area contributed by atoms with Crippen LogP contribution < -0.4 is 10.2 Å². The van der Waals surface area contributed by atoms with E-state index in [1.807, 2.05) is 0 Å². The number of phenolic OH excluding ortho intramolecular Hbond substituents is 2. The van der Waals surface area contributed by atoms with E-state index in [0.29, 0.717) is 23.5 Å². The molecule has 0 aliphatic heterocycles. The summed E-state index contributed by atoms with van der Waals surface area (Å²) in [5.74, 6) is 0.422. The van der Waals surface area contributed by atoms with E-state index in [0.717, 1.165) is 45.3 Å². The van der Waals surface area contributed by atoms with Gasteiger partial charge in [0.2, 0.25) is 5.43 Å². The number of unbranched alkanes of at least 4 members (excludes halogenated alkanes) is 1. The Labute approximate surface area is 182 Å². The van der Waals surface area contributed by atoms with Gasteiger partial charge in [0.05, 0.1) is 12.2 Å². The molecule has 1 heterocycles. The average molecular weight is 426 g/mol. The van der Waals surface area contributed by atoms with Crippen LogP contribution in [0.1, 0.15) is 39.5 Å². The van der Waals surface area contributed by atoms with Crippen LogP contribution in [-0.2, 0) is 0 Å². The van der Waals surface area contributed by atoms with E-state index in [9.17, 15) is 15.0 Å². The van der Waals surface area contributed by atoms with Gasteiger partial charge in [-0.15, -0.1) is 0 Å². The molecular formula is C25H31NO5. The monoisotopic (exact) mass is 425 g/mol. The maximum atomic E-state index is 12.9. The van der Waals surface area contributed by atoms with Crippen molar-refractivity contribution in [2.75, 3.05) is 26.2 Å². The van der Waals surface area contributed by atoms with Crippen molar-refractivity contribution in [2.24, 2.45) is 0 Å². The molecule has 166 valence electrons. The second kappa shape index (κ2) is 10.9. The van der Waals surface area contributed by atoms with E-state index >= 15 is 0 Å². The number of ether oxygens (including phenoxy) is 1. The predicted octanol–water partition coefficient (Wildman–Crippen LogP) is 5.15. The molecule has 0 aliphatic rings. The lowest BCUT2D eigenvalue weighted by molar-refractivity contribution is 0.249. The van der Waals surface area contributed by atoms with Crippen LogP contribution in [0.5, 0.6) is 17.2 Å². The Morgan fingerprint density at radius 3 is 2.35 bits per heavy atom. The summed E-state index contributed by atoms with van der Waals surface area (Å²) < 4.78 is 11.4. The summed E-state index contributed by atoms with van der Waals surface area (Å²) in [7, 11) is 0. The molecule has 0 saturated carbocycles. The highest BCUT2D eigenvalue weighted by Gasteiger charge is 2.14. The van der Waals surface area contributed by atoms with E-state index in [-0.39, 0.29) is 27.9 Å². The molecule has 2 N–H and O–H groups in total. The normalized spacial score (nSPS) is 11.3. The lowest BCUT2D eigenvalue weighted by Gasteiger charge is -2.20. The second-order valence-corrected chi connectivity index (χ2v) is 7.74. The number of aromatic hydroxyl groups is 2. The van der Waals surface area contributed by atoms with Gasteiger partial charge in [-0.3, -0.25) is 4.79 Å². The molecule has 3 rings (SSSR count). The second-order valence-electron chi connectivity index (χ2n) is 7.74. The first-order valence-electron chi connectivity index (χ1n) is 11.0. The van der Waals surface area contributed by atoms with Crippen LogP contribution in [0, 0.1) is 0 Å². The molecule has 0 unspecified atom stereocenters. The van der Waals surface area contributed by atoms with Crippen LogP contribution in [0.2, 0.25) is 0 Å². The Morgan fingerprint density at radius 1 is 0.968 bits per heavy atom. The number of benzene rings is 2. The first-order valence-corrected chi connectivity index (χ1v) is 11.0. The van der Waals surface area contributed by atoms with Crippen LogP contribution in [0.4, 0.5) is 0 Å². The predicted molar refractivity (Wildman–Crippen MR) is 123 cm³/mol. The van der Waals surface area contributed by atoms with Crippen LogP contribution >= 0.6 is 0 Å². The van der Waals surface area contributed by atoms with E-state index in [1.54, 1.807) is 18.2 Å². The van der Waals surface area contributed by atoms with Crippen molar-refractivity contribution in [3.8, 4) is 28.4 Å². The van der Waals surface area contributed by atoms with Crippen molar-refractivity contribution in [1.82, 2.24) is 4.90 Å². The van der Waals surface area contributed by atoms with Gasteiger partial charge in [-0.05, 0) is 63.0 Å². The first-order chi connectivity index (χ1) is 15.0. The maximum absolute atomic E-state index is 12.9. The Hall–Kier alpha value is -2.99. The van der Waals surface area contributed by atoms with Gasteiger partial charge in [0.1, 0.15) is 34.5 Å². The zero-order valence-corrected chi connectivity index (χ0v) is 18.3. The van der Waals surface area contributed by atoms with Crippen molar-refractivity contribution in [1.29, 1.82) is 0 Å². The summed E-state index contributed by atoms with van der Waals surface area (Å²) in [5.41, 5.74) is 0.871. The summed E-state index contributed by atoms with van der Waals surface area (Å²) >= 11 is 0. The third-order valence-corrected chi connectivity index (χ3v) is 5.23. The fourth-order valence-corrected chi connectivity index (χ4v) is 3.73. The molecule has 6 nitrogen and oxygen atoms in total. The molecule has 6 heteroatoms. The molecule has 31 heavy (non-hydrogen) atoms. The van der Waals surface area contributed by atoms with E-state index in [1.165, 1.54) is 24.5 Å². The SMILES string of the molecule is CCCN(CCC)CCCCOc1cc(O)c2c(=O)c(-c3ccc(O)cc3)coc2c1. The highest BCUT2D eigenvalue weighted by atomic mass is 16.5. The van der Waals surface area contributed by atoms with E-state index in [2.05, 4.69) is 18.7 Å². The average Bonchev–Trinajstić information content (AvgIpc) is 2.74. The quantitative estimate of drug-likeness (QED) is 0.413. The topological polar surface area (TPSA) is 83.1 Å². The molecule has 0 amide bonds. The summed E-state index contributed by atoms with van der Waals surface area (Å²) in [6, 6.07) is 9.35. The summed E-state index contributed by atoms with van der Waals surface area (Å²) in [5, 5.41) is 20.0. The largest absolute Gasteiger partial charge is 0.508 e. The minimum absolute atomic E-state index is 0.113. The molecule has 3 aromatic rings. The highest BCUT2D eigenvalue weighted by Crippen LogP contribution is 2.30. The van der Waals surface area contributed by atoms with Gasteiger partial charge in [0.25, 0.3) is 0 Å². The summed E-state index contributed by atoms with van der Waals surface area (Å²) in [6.45, 7) is 8.24. The van der Waals surface area contributed by atoms with E-state index < -0.39 is 0 Å². The number of hydrogen-bond donors (Lipinski definition) is 2. The molecular weight excluding hydrogens is 394 g/mol. The van der Waals surface area contributed by atoms with Gasteiger partial charge < -0.3 is 24.3 Å². The van der Waals surface area contributed by atoms with E-state index in [4.69, 9.17) is 9.15 Å². The maximum Gasteiger partial charge on any atom is 0.204 e. The zero-order valence-electron chi connectivity index (χ0n) is 18.3. The van der Waals surface area contributed by atoms with Gasteiger partial charge in [-0.1, -0.05) is 26.0 Å². The van der Waals surface area contributed by atoms with Crippen molar-refractivity contribution in [3.05, 3.63) is 52.9 Å². The molecule has 0 bridgehead atoms. The molecule has 0 radical (unpaired) electrons. The first kappa shape index (κ1) is 22.7. The molecule has 0 aliphatic carbocycles. The third-order valence-electron chi connectivity index (χ3n) is 5.23. The summed E-state index contributed by atoms with van der Waals surface area (Å²) in [6.07, 6.45) is 5.65. The van der Waals surface area contributed by atoms with Crippen molar-refractivity contribution in [3.63, 3.8) is 0 Å². The molecule has 1 aromatic heterocycles. The van der Waals surface area contributed by atoms with Crippen molar-refractivity contribution < 1.29 is 19.4 Å². The highest BCUT2D eigenvalue weighted by molar-refractivity contribution is 5.88. The molecule has 0 spiro atoms. The van der Waals surface area contributed by atoms with Gasteiger partial charge in [-0.25, -0.2) is 0 Å². The van der Waals surface area contributed by atoms with Crippen molar-refractivity contribution in [2.45, 2.75) is 39.5 Å². The molecule has 0 fully saturated rings. The summed E-state index contributed by atoms with van der Waals surface area (Å²) in [4.78, 5) is 15.4. The Morgan fingerprint density at radius 2 is 1.68 bits per heavy atom.